The van der Waals surface area contributed by atoms with Crippen LogP contribution in [0.3, 0.4) is 0 Å². The molecular weight excluding hydrogens is 244 g/mol. The van der Waals surface area contributed by atoms with Crippen molar-refractivity contribution in [1.82, 2.24) is 0 Å². The fraction of sp³-hybridized carbons (Fsp3) is 0.333. The number of benzene rings is 1. The summed E-state index contributed by atoms with van der Waals surface area (Å²) in [6.45, 7) is 3.74. The number of methoxy groups -OCH3 is 2. The van der Waals surface area contributed by atoms with E-state index in [0.717, 1.165) is 11.1 Å². The summed E-state index contributed by atoms with van der Waals surface area (Å²) < 4.78 is 9.37. The Morgan fingerprint density at radius 3 is 1.89 bits per heavy atom. The Morgan fingerprint density at radius 1 is 1.05 bits per heavy atom. The van der Waals surface area contributed by atoms with Gasteiger partial charge in [0.05, 0.1) is 14.2 Å². The van der Waals surface area contributed by atoms with E-state index in [1.165, 1.54) is 14.2 Å². The van der Waals surface area contributed by atoms with Crippen LogP contribution in [0.2, 0.25) is 0 Å². The summed E-state index contributed by atoms with van der Waals surface area (Å²) in [7, 11) is 2.50. The summed E-state index contributed by atoms with van der Waals surface area (Å²) in [5.41, 5.74) is 2.49. The highest BCUT2D eigenvalue weighted by Crippen LogP contribution is 2.26. The number of carbonyl (C=O) groups is 2. The summed E-state index contributed by atoms with van der Waals surface area (Å²) in [4.78, 5) is 23.6. The first-order valence-corrected chi connectivity index (χ1v) is 5.94. The van der Waals surface area contributed by atoms with Crippen molar-refractivity contribution in [2.75, 3.05) is 14.2 Å². The lowest BCUT2D eigenvalue weighted by atomic mass is 9.91. The molecule has 102 valence electrons. The van der Waals surface area contributed by atoms with Crippen LogP contribution in [0.25, 0.3) is 5.57 Å². The molecule has 0 atom stereocenters. The predicted molar refractivity (Wildman–Crippen MR) is 72.4 cm³/mol. The molecule has 19 heavy (non-hydrogen) atoms. The number of aryl methyl sites for hydroxylation is 1. The van der Waals surface area contributed by atoms with Crippen LogP contribution in [0.4, 0.5) is 0 Å². The van der Waals surface area contributed by atoms with Crippen LogP contribution in [0.1, 0.15) is 18.1 Å². The Balaban J connectivity index is 3.21. The van der Waals surface area contributed by atoms with Crippen LogP contribution >= 0.6 is 0 Å². The maximum absolute atomic E-state index is 11.8. The smallest absolute Gasteiger partial charge is 0.324 e. The molecule has 0 spiro atoms. The molecule has 4 nitrogen and oxygen atoms in total. The zero-order valence-corrected chi connectivity index (χ0v) is 11.6. The van der Waals surface area contributed by atoms with Crippen LogP contribution in [-0.2, 0) is 19.1 Å². The van der Waals surface area contributed by atoms with Crippen molar-refractivity contribution in [3.05, 3.63) is 41.5 Å². The summed E-state index contributed by atoms with van der Waals surface area (Å²) in [5, 5.41) is 0. The van der Waals surface area contributed by atoms with E-state index < -0.39 is 17.9 Å². The van der Waals surface area contributed by atoms with Gasteiger partial charge in [0.25, 0.3) is 0 Å². The second-order valence-electron chi connectivity index (χ2n) is 4.09. The van der Waals surface area contributed by atoms with Crippen molar-refractivity contribution in [1.29, 1.82) is 0 Å². The largest absolute Gasteiger partial charge is 0.468 e. The van der Waals surface area contributed by atoms with E-state index in [0.29, 0.717) is 5.57 Å². The normalized spacial score (nSPS) is 11.3. The van der Waals surface area contributed by atoms with Crippen molar-refractivity contribution >= 4 is 17.5 Å². The number of esters is 2. The van der Waals surface area contributed by atoms with Gasteiger partial charge in [0.2, 0.25) is 0 Å². The van der Waals surface area contributed by atoms with Gasteiger partial charge in [0, 0.05) is 0 Å². The van der Waals surface area contributed by atoms with Crippen LogP contribution in [0.15, 0.2) is 30.3 Å². The zero-order chi connectivity index (χ0) is 14.4. The van der Waals surface area contributed by atoms with E-state index in [1.807, 2.05) is 31.2 Å². The molecule has 0 aromatic heterocycles. The molecule has 1 aromatic rings. The molecule has 0 unspecified atom stereocenters. The Bertz CT molecular complexity index is 469. The lowest BCUT2D eigenvalue weighted by Gasteiger charge is -2.16. The minimum Gasteiger partial charge on any atom is -0.468 e. The Labute approximate surface area is 113 Å². The summed E-state index contributed by atoms with van der Waals surface area (Å²) in [5.74, 6) is -2.30. The van der Waals surface area contributed by atoms with Gasteiger partial charge in [-0.15, -0.1) is 0 Å². The van der Waals surface area contributed by atoms with Crippen molar-refractivity contribution in [3.63, 3.8) is 0 Å². The highest BCUT2D eigenvalue weighted by molar-refractivity contribution is 6.06. The number of hydrogen-bond acceptors (Lipinski definition) is 4. The molecule has 0 saturated carbocycles. The maximum Gasteiger partial charge on any atom is 0.324 e. The summed E-state index contributed by atoms with van der Waals surface area (Å²) in [6.07, 6.45) is 1.73. The van der Waals surface area contributed by atoms with Crippen molar-refractivity contribution in [3.8, 4) is 0 Å². The van der Waals surface area contributed by atoms with E-state index in [2.05, 4.69) is 9.47 Å². The highest BCUT2D eigenvalue weighted by Gasteiger charge is 2.32. The van der Waals surface area contributed by atoms with E-state index in [-0.39, 0.29) is 0 Å². The molecular formula is C15H18O4. The quantitative estimate of drug-likeness (QED) is 0.617. The SMILES string of the molecule is C/C=C(\c1ccc(C)cc1)C(C(=O)OC)C(=O)OC. The molecule has 0 N–H and O–H groups in total. The first-order chi connectivity index (χ1) is 9.04. The molecule has 1 rings (SSSR count). The standard InChI is InChI=1S/C15H18O4/c1-5-12(11-8-6-10(2)7-9-11)13(14(16)18-3)15(17)19-4/h5-9,13H,1-4H3/b12-5+. The molecule has 0 amide bonds. The first kappa shape index (κ1) is 15.0. The third-order valence-electron chi connectivity index (χ3n) is 2.88. The monoisotopic (exact) mass is 262 g/mol. The van der Waals surface area contributed by atoms with Gasteiger partial charge >= 0.3 is 11.9 Å². The number of carbonyl (C=O) groups excluding carboxylic acids is 2. The molecule has 4 heteroatoms. The van der Waals surface area contributed by atoms with Gasteiger partial charge in [0.1, 0.15) is 0 Å². The molecule has 1 aromatic carbocycles. The summed E-state index contributed by atoms with van der Waals surface area (Å²) in [6, 6.07) is 7.57. The number of rotatable bonds is 4. The second kappa shape index (κ2) is 6.73. The number of allylic oxidation sites excluding steroid dienone is 1. The van der Waals surface area contributed by atoms with Crippen molar-refractivity contribution in [2.45, 2.75) is 13.8 Å². The minimum absolute atomic E-state index is 0.582. The molecule has 0 heterocycles. The van der Waals surface area contributed by atoms with E-state index >= 15 is 0 Å². The van der Waals surface area contributed by atoms with Gasteiger partial charge in [-0.25, -0.2) is 0 Å². The fourth-order valence-corrected chi connectivity index (χ4v) is 1.83. The van der Waals surface area contributed by atoms with Gasteiger partial charge in [-0.1, -0.05) is 35.9 Å². The van der Waals surface area contributed by atoms with Crippen LogP contribution in [0.5, 0.6) is 0 Å². The summed E-state index contributed by atoms with van der Waals surface area (Å²) >= 11 is 0. The Kier molecular flexibility index (Phi) is 5.30. The molecule has 0 radical (unpaired) electrons. The number of ether oxygens (including phenoxy) is 2. The lowest BCUT2D eigenvalue weighted by Crippen LogP contribution is -2.27. The molecule has 0 saturated heterocycles. The average Bonchev–Trinajstić information content (AvgIpc) is 2.44. The molecule has 0 fully saturated rings. The Hall–Kier alpha value is -2.10. The maximum atomic E-state index is 11.8. The van der Waals surface area contributed by atoms with Crippen LogP contribution < -0.4 is 0 Å². The average molecular weight is 262 g/mol. The minimum atomic E-state index is -1.05. The third kappa shape index (κ3) is 3.44. The molecule has 0 aliphatic carbocycles. The molecule has 0 aliphatic heterocycles. The van der Waals surface area contributed by atoms with Crippen LogP contribution in [0, 0.1) is 12.8 Å². The fourth-order valence-electron chi connectivity index (χ4n) is 1.83. The molecule has 0 aliphatic rings. The first-order valence-electron chi connectivity index (χ1n) is 5.94. The van der Waals surface area contributed by atoms with Gasteiger partial charge in [0.15, 0.2) is 5.92 Å². The highest BCUT2D eigenvalue weighted by atomic mass is 16.5. The van der Waals surface area contributed by atoms with Gasteiger partial charge in [-0.05, 0) is 25.0 Å². The second-order valence-corrected chi connectivity index (χ2v) is 4.09. The topological polar surface area (TPSA) is 52.6 Å². The lowest BCUT2D eigenvalue weighted by molar-refractivity contribution is -0.155. The van der Waals surface area contributed by atoms with Crippen molar-refractivity contribution < 1.29 is 19.1 Å². The van der Waals surface area contributed by atoms with E-state index in [9.17, 15) is 9.59 Å². The van der Waals surface area contributed by atoms with Gasteiger partial charge in [-0.2, -0.15) is 0 Å². The third-order valence-corrected chi connectivity index (χ3v) is 2.88. The van der Waals surface area contributed by atoms with E-state index in [4.69, 9.17) is 0 Å². The number of hydrogen-bond donors (Lipinski definition) is 0. The van der Waals surface area contributed by atoms with Gasteiger partial charge in [-0.3, -0.25) is 9.59 Å². The van der Waals surface area contributed by atoms with Crippen LogP contribution in [-0.4, -0.2) is 26.2 Å². The van der Waals surface area contributed by atoms with E-state index in [1.54, 1.807) is 13.0 Å². The molecule has 0 bridgehead atoms. The van der Waals surface area contributed by atoms with Crippen molar-refractivity contribution in [2.24, 2.45) is 5.92 Å². The Morgan fingerprint density at radius 2 is 1.53 bits per heavy atom. The predicted octanol–water partition coefficient (Wildman–Crippen LogP) is 2.36. The van der Waals surface area contributed by atoms with Gasteiger partial charge < -0.3 is 9.47 Å². The zero-order valence-electron chi connectivity index (χ0n) is 11.6.